The Balaban J connectivity index is 1.92. The molecule has 0 aromatic carbocycles. The minimum Gasteiger partial charge on any atom is -0.0813 e. The molecule has 0 aliphatic heterocycles. The topological polar surface area (TPSA) is 0 Å². The second-order valence-electron chi connectivity index (χ2n) is 4.83. The molecule has 0 saturated heterocycles. The van der Waals surface area contributed by atoms with Crippen molar-refractivity contribution in [2.45, 2.75) is 33.1 Å². The summed E-state index contributed by atoms with van der Waals surface area (Å²) in [6, 6.07) is 0. The molecule has 3 rings (SSSR count). The molecule has 3 aliphatic carbocycles. The summed E-state index contributed by atoms with van der Waals surface area (Å²) in [7, 11) is 0. The standard InChI is InChI=1S/C12H16/c1-7-3-9-5-10-6-12(10)11(9)4-8(7)2/h3,8-9,11H,4-6H2,1-2H3. The fourth-order valence-electron chi connectivity index (χ4n) is 3.03. The van der Waals surface area contributed by atoms with Crippen LogP contribution in [0, 0.1) is 17.8 Å². The summed E-state index contributed by atoms with van der Waals surface area (Å²) in [4.78, 5) is 0. The van der Waals surface area contributed by atoms with Crippen molar-refractivity contribution in [3.63, 3.8) is 0 Å². The number of rotatable bonds is 0. The lowest BCUT2D eigenvalue weighted by Gasteiger charge is -2.30. The van der Waals surface area contributed by atoms with E-state index < -0.39 is 0 Å². The van der Waals surface area contributed by atoms with Crippen LogP contribution in [0.1, 0.15) is 33.1 Å². The molecule has 3 unspecified atom stereocenters. The molecule has 0 nitrogen and oxygen atoms in total. The van der Waals surface area contributed by atoms with Gasteiger partial charge >= 0.3 is 0 Å². The summed E-state index contributed by atoms with van der Waals surface area (Å²) in [5.41, 5.74) is 5.29. The molecule has 0 N–H and O–H groups in total. The average Bonchev–Trinajstić information content (AvgIpc) is 2.70. The number of fused-ring (bicyclic) bond motifs is 2. The van der Waals surface area contributed by atoms with Gasteiger partial charge in [-0.2, -0.15) is 0 Å². The number of hydrogen-bond donors (Lipinski definition) is 0. The van der Waals surface area contributed by atoms with Gasteiger partial charge in [-0.1, -0.05) is 29.7 Å². The van der Waals surface area contributed by atoms with Crippen molar-refractivity contribution in [1.29, 1.82) is 0 Å². The van der Waals surface area contributed by atoms with Crippen LogP contribution in [-0.2, 0) is 0 Å². The first-order chi connectivity index (χ1) is 5.75. The maximum absolute atomic E-state index is 2.55. The van der Waals surface area contributed by atoms with E-state index in [1.54, 1.807) is 5.57 Å². The van der Waals surface area contributed by atoms with Crippen molar-refractivity contribution in [3.8, 4) is 0 Å². The van der Waals surface area contributed by atoms with Crippen LogP contribution >= 0.6 is 0 Å². The fraction of sp³-hybridized carbons (Fsp3) is 0.667. The van der Waals surface area contributed by atoms with Gasteiger partial charge in [-0.25, -0.2) is 0 Å². The van der Waals surface area contributed by atoms with Crippen molar-refractivity contribution in [2.24, 2.45) is 17.8 Å². The van der Waals surface area contributed by atoms with Crippen LogP contribution in [0.25, 0.3) is 0 Å². The van der Waals surface area contributed by atoms with Crippen molar-refractivity contribution in [2.75, 3.05) is 0 Å². The monoisotopic (exact) mass is 160 g/mol. The van der Waals surface area contributed by atoms with E-state index in [1.165, 1.54) is 19.3 Å². The van der Waals surface area contributed by atoms with Crippen molar-refractivity contribution >= 4 is 0 Å². The Labute approximate surface area is 74.4 Å². The van der Waals surface area contributed by atoms with Crippen LogP contribution in [0.2, 0.25) is 0 Å². The molecule has 0 saturated carbocycles. The Bertz CT molecular complexity index is 293. The van der Waals surface area contributed by atoms with Crippen molar-refractivity contribution < 1.29 is 0 Å². The molecule has 0 heteroatoms. The van der Waals surface area contributed by atoms with Gasteiger partial charge in [0.15, 0.2) is 0 Å². The molecular weight excluding hydrogens is 144 g/mol. The number of hydrogen-bond acceptors (Lipinski definition) is 0. The Hall–Kier alpha value is -0.520. The molecule has 3 aliphatic rings. The lowest BCUT2D eigenvalue weighted by atomic mass is 9.75. The summed E-state index contributed by atoms with van der Waals surface area (Å²) < 4.78 is 0. The highest BCUT2D eigenvalue weighted by atomic mass is 14.5. The quantitative estimate of drug-likeness (QED) is 0.477. The predicted octanol–water partition coefficient (Wildman–Crippen LogP) is 3.31. The molecule has 0 bridgehead atoms. The van der Waals surface area contributed by atoms with E-state index in [0.717, 1.165) is 17.8 Å². The van der Waals surface area contributed by atoms with Crippen LogP contribution in [0.15, 0.2) is 22.8 Å². The van der Waals surface area contributed by atoms with Gasteiger partial charge in [0.1, 0.15) is 0 Å². The van der Waals surface area contributed by atoms with Crippen LogP contribution in [-0.4, -0.2) is 0 Å². The summed E-state index contributed by atoms with van der Waals surface area (Å²) in [6.45, 7) is 4.68. The SMILES string of the molecule is CC1=CC2CC3=C(C3)C2CC1C. The van der Waals surface area contributed by atoms with E-state index in [9.17, 15) is 0 Å². The third-order valence-electron chi connectivity index (χ3n) is 4.04. The van der Waals surface area contributed by atoms with Crippen LogP contribution < -0.4 is 0 Å². The zero-order valence-corrected chi connectivity index (χ0v) is 7.93. The van der Waals surface area contributed by atoms with Crippen molar-refractivity contribution in [1.82, 2.24) is 0 Å². The van der Waals surface area contributed by atoms with E-state index >= 15 is 0 Å². The van der Waals surface area contributed by atoms with E-state index in [2.05, 4.69) is 19.9 Å². The lowest BCUT2D eigenvalue weighted by molar-refractivity contribution is 0.364. The third-order valence-corrected chi connectivity index (χ3v) is 4.04. The zero-order chi connectivity index (χ0) is 8.29. The van der Waals surface area contributed by atoms with E-state index in [1.807, 2.05) is 11.1 Å². The van der Waals surface area contributed by atoms with Gasteiger partial charge in [-0.15, -0.1) is 0 Å². The molecule has 64 valence electrons. The molecule has 0 heterocycles. The summed E-state index contributed by atoms with van der Waals surface area (Å²) in [6.07, 6.45) is 6.79. The fourth-order valence-corrected chi connectivity index (χ4v) is 3.03. The highest BCUT2D eigenvalue weighted by molar-refractivity contribution is 5.45. The minimum atomic E-state index is 0.846. The van der Waals surface area contributed by atoms with Gasteiger partial charge in [0.25, 0.3) is 0 Å². The Kier molecular flexibility index (Phi) is 1.18. The molecule has 0 aromatic heterocycles. The second-order valence-corrected chi connectivity index (χ2v) is 4.83. The molecule has 0 fully saturated rings. The molecule has 0 aromatic rings. The van der Waals surface area contributed by atoms with Gasteiger partial charge in [0, 0.05) is 0 Å². The van der Waals surface area contributed by atoms with Crippen LogP contribution in [0.5, 0.6) is 0 Å². The Morgan fingerprint density at radius 1 is 1.42 bits per heavy atom. The second kappa shape index (κ2) is 2.04. The highest BCUT2D eigenvalue weighted by Crippen LogP contribution is 2.56. The van der Waals surface area contributed by atoms with Gasteiger partial charge in [0.05, 0.1) is 0 Å². The zero-order valence-electron chi connectivity index (χ0n) is 7.93. The van der Waals surface area contributed by atoms with Gasteiger partial charge in [-0.05, 0) is 43.9 Å². The van der Waals surface area contributed by atoms with Crippen LogP contribution in [0.3, 0.4) is 0 Å². The molecule has 12 heavy (non-hydrogen) atoms. The van der Waals surface area contributed by atoms with Crippen molar-refractivity contribution in [3.05, 3.63) is 22.8 Å². The number of allylic oxidation sites excluding steroid dienone is 4. The highest BCUT2D eigenvalue weighted by Gasteiger charge is 2.43. The maximum Gasteiger partial charge on any atom is -0.00995 e. The van der Waals surface area contributed by atoms with E-state index in [-0.39, 0.29) is 0 Å². The molecule has 0 amide bonds. The van der Waals surface area contributed by atoms with Gasteiger partial charge < -0.3 is 0 Å². The molecule has 0 spiro atoms. The van der Waals surface area contributed by atoms with E-state index in [4.69, 9.17) is 0 Å². The predicted molar refractivity (Wildman–Crippen MR) is 50.8 cm³/mol. The van der Waals surface area contributed by atoms with E-state index in [0.29, 0.717) is 0 Å². The van der Waals surface area contributed by atoms with Crippen LogP contribution in [0.4, 0.5) is 0 Å². The maximum atomic E-state index is 2.55. The largest absolute Gasteiger partial charge is 0.0813 e. The molecule has 0 radical (unpaired) electrons. The molecule has 3 atom stereocenters. The van der Waals surface area contributed by atoms with Gasteiger partial charge in [-0.3, -0.25) is 0 Å². The minimum absolute atomic E-state index is 0.846. The first kappa shape index (κ1) is 6.94. The van der Waals surface area contributed by atoms with Gasteiger partial charge in [0.2, 0.25) is 0 Å². The lowest BCUT2D eigenvalue weighted by Crippen LogP contribution is -2.19. The average molecular weight is 160 g/mol. The smallest absolute Gasteiger partial charge is 0.00995 e. The first-order valence-electron chi connectivity index (χ1n) is 5.15. The summed E-state index contributed by atoms with van der Waals surface area (Å²) in [5, 5.41) is 0. The third kappa shape index (κ3) is 0.784. The Morgan fingerprint density at radius 2 is 2.25 bits per heavy atom. The normalized spacial score (nSPS) is 43.8. The summed E-state index contributed by atoms with van der Waals surface area (Å²) >= 11 is 0. The molecular formula is C12H16. The summed E-state index contributed by atoms with van der Waals surface area (Å²) in [5.74, 6) is 2.73. The Morgan fingerprint density at radius 3 is 3.08 bits per heavy atom. The first-order valence-corrected chi connectivity index (χ1v) is 5.15.